The fourth-order valence-corrected chi connectivity index (χ4v) is 4.81. The summed E-state index contributed by atoms with van der Waals surface area (Å²) in [6.45, 7) is 6.33. The molecule has 2 atom stereocenters. The van der Waals surface area contributed by atoms with Gasteiger partial charge in [-0.15, -0.1) is 11.8 Å². The average molecular weight is 507 g/mol. The number of hydrogen-bond donors (Lipinski definition) is 1. The third kappa shape index (κ3) is 7.95. The Morgan fingerprint density at radius 2 is 1.58 bits per heavy atom. The average Bonchev–Trinajstić information content (AvgIpc) is 2.88. The van der Waals surface area contributed by atoms with Gasteiger partial charge < -0.3 is 10.2 Å². The van der Waals surface area contributed by atoms with Crippen LogP contribution in [0.2, 0.25) is 0 Å². The Morgan fingerprint density at radius 3 is 2.25 bits per heavy atom. The number of nitrogens with one attached hydrogen (secondary N) is 1. The molecule has 0 aliphatic heterocycles. The number of carbonyl (C=O) groups is 2. The van der Waals surface area contributed by atoms with Crippen molar-refractivity contribution in [2.75, 3.05) is 5.75 Å². The number of benzene rings is 3. The molecule has 0 bridgehead atoms. The maximum atomic E-state index is 14.1. The third-order valence-electron chi connectivity index (χ3n) is 6.32. The summed E-state index contributed by atoms with van der Waals surface area (Å²) in [6.07, 6.45) is 1.22. The SMILES string of the molecule is CC[C@H](C)NC(=O)[C@@H](Cc1ccccc1)N(Cc1ccccc1C)C(=O)CSCc1ccccc1F. The number of aryl methyl sites for hydroxylation is 1. The van der Waals surface area contributed by atoms with Crippen LogP contribution in [0.4, 0.5) is 4.39 Å². The molecule has 0 aliphatic rings. The van der Waals surface area contributed by atoms with Crippen molar-refractivity contribution < 1.29 is 14.0 Å². The zero-order valence-electron chi connectivity index (χ0n) is 21.2. The molecule has 0 saturated heterocycles. The number of carbonyl (C=O) groups excluding carboxylic acids is 2. The van der Waals surface area contributed by atoms with Crippen molar-refractivity contribution >= 4 is 23.6 Å². The van der Waals surface area contributed by atoms with Crippen LogP contribution in [-0.2, 0) is 28.3 Å². The minimum absolute atomic E-state index is 0.00150. The Labute approximate surface area is 218 Å². The molecule has 0 fully saturated rings. The topological polar surface area (TPSA) is 49.4 Å². The first-order valence-corrected chi connectivity index (χ1v) is 13.5. The van der Waals surface area contributed by atoms with E-state index in [4.69, 9.17) is 0 Å². The van der Waals surface area contributed by atoms with Gasteiger partial charge >= 0.3 is 0 Å². The normalized spacial score (nSPS) is 12.6. The van der Waals surface area contributed by atoms with Crippen LogP contribution in [0, 0.1) is 12.7 Å². The summed E-state index contributed by atoms with van der Waals surface area (Å²) >= 11 is 1.36. The van der Waals surface area contributed by atoms with Crippen molar-refractivity contribution in [1.82, 2.24) is 10.2 Å². The predicted octanol–water partition coefficient (Wildman–Crippen LogP) is 5.92. The highest BCUT2D eigenvalue weighted by Crippen LogP contribution is 2.21. The summed E-state index contributed by atoms with van der Waals surface area (Å²) in [6, 6.07) is 23.6. The molecular weight excluding hydrogens is 471 g/mol. The second-order valence-corrected chi connectivity index (χ2v) is 10.0. The van der Waals surface area contributed by atoms with Gasteiger partial charge in [0.2, 0.25) is 11.8 Å². The van der Waals surface area contributed by atoms with Crippen LogP contribution in [0.25, 0.3) is 0 Å². The Kier molecular flexibility index (Phi) is 10.6. The van der Waals surface area contributed by atoms with Gasteiger partial charge in [-0.3, -0.25) is 9.59 Å². The molecule has 0 heterocycles. The highest BCUT2D eigenvalue weighted by Gasteiger charge is 2.31. The molecule has 0 radical (unpaired) electrons. The van der Waals surface area contributed by atoms with Crippen LogP contribution < -0.4 is 5.32 Å². The third-order valence-corrected chi connectivity index (χ3v) is 7.28. The quantitative estimate of drug-likeness (QED) is 0.332. The molecule has 3 aromatic rings. The van der Waals surface area contributed by atoms with Crippen molar-refractivity contribution in [3.05, 3.63) is 107 Å². The Morgan fingerprint density at radius 1 is 0.944 bits per heavy atom. The van der Waals surface area contributed by atoms with Crippen LogP contribution >= 0.6 is 11.8 Å². The molecule has 1 N–H and O–H groups in total. The highest BCUT2D eigenvalue weighted by molar-refractivity contribution is 7.99. The van der Waals surface area contributed by atoms with E-state index in [-0.39, 0.29) is 29.4 Å². The van der Waals surface area contributed by atoms with Gasteiger partial charge in [-0.05, 0) is 48.6 Å². The van der Waals surface area contributed by atoms with Crippen LogP contribution in [0.15, 0.2) is 78.9 Å². The minimum atomic E-state index is -0.664. The largest absolute Gasteiger partial charge is 0.352 e. The first-order valence-electron chi connectivity index (χ1n) is 12.4. The molecule has 0 spiro atoms. The van der Waals surface area contributed by atoms with E-state index in [0.717, 1.165) is 23.1 Å². The van der Waals surface area contributed by atoms with Gasteiger partial charge in [0.25, 0.3) is 0 Å². The van der Waals surface area contributed by atoms with Crippen LogP contribution in [0.3, 0.4) is 0 Å². The van der Waals surface area contributed by atoms with Crippen molar-refractivity contribution in [1.29, 1.82) is 0 Å². The number of nitrogens with zero attached hydrogens (tertiary/aromatic N) is 1. The number of halogens is 1. The van der Waals surface area contributed by atoms with E-state index in [1.54, 1.807) is 23.1 Å². The summed E-state index contributed by atoms with van der Waals surface area (Å²) in [4.78, 5) is 28.9. The van der Waals surface area contributed by atoms with Crippen molar-refractivity contribution in [3.63, 3.8) is 0 Å². The van der Waals surface area contributed by atoms with E-state index in [1.807, 2.05) is 75.4 Å². The lowest BCUT2D eigenvalue weighted by Crippen LogP contribution is -2.52. The highest BCUT2D eigenvalue weighted by atomic mass is 32.2. The number of hydrogen-bond acceptors (Lipinski definition) is 3. The fraction of sp³-hybridized carbons (Fsp3) is 0.333. The van der Waals surface area contributed by atoms with E-state index in [0.29, 0.717) is 24.3 Å². The van der Waals surface area contributed by atoms with Crippen LogP contribution in [-0.4, -0.2) is 34.6 Å². The maximum absolute atomic E-state index is 14.1. The number of amides is 2. The van der Waals surface area contributed by atoms with Crippen molar-refractivity contribution in [3.8, 4) is 0 Å². The molecular formula is C30H35FN2O2S. The van der Waals surface area contributed by atoms with Gasteiger partial charge in [-0.1, -0.05) is 79.7 Å². The minimum Gasteiger partial charge on any atom is -0.352 e. The second-order valence-electron chi connectivity index (χ2n) is 9.06. The lowest BCUT2D eigenvalue weighted by atomic mass is 10.0. The van der Waals surface area contributed by atoms with Crippen LogP contribution in [0.5, 0.6) is 0 Å². The van der Waals surface area contributed by atoms with Gasteiger partial charge in [0.05, 0.1) is 5.75 Å². The lowest BCUT2D eigenvalue weighted by molar-refractivity contribution is -0.139. The van der Waals surface area contributed by atoms with E-state index >= 15 is 0 Å². The van der Waals surface area contributed by atoms with E-state index < -0.39 is 6.04 Å². The standard InChI is InChI=1S/C30H35FN2O2S/c1-4-23(3)32-30(35)28(18-24-13-6-5-7-14-24)33(19-25-15-9-8-12-22(25)2)29(34)21-36-20-26-16-10-11-17-27(26)31/h5-17,23,28H,4,18-21H2,1-3H3,(H,32,35)/t23-,28+/m0/s1. The molecule has 3 rings (SSSR count). The van der Waals surface area contributed by atoms with Crippen LogP contribution in [0.1, 0.15) is 42.5 Å². The van der Waals surface area contributed by atoms with Crippen molar-refractivity contribution in [2.45, 2.75) is 58.0 Å². The smallest absolute Gasteiger partial charge is 0.243 e. The summed E-state index contributed by atoms with van der Waals surface area (Å²) < 4.78 is 14.1. The molecule has 0 aliphatic carbocycles. The number of rotatable bonds is 12. The lowest BCUT2D eigenvalue weighted by Gasteiger charge is -2.32. The molecule has 6 heteroatoms. The summed E-state index contributed by atoms with van der Waals surface area (Å²) in [5.41, 5.74) is 3.62. The van der Waals surface area contributed by atoms with Gasteiger partial charge in [-0.25, -0.2) is 4.39 Å². The van der Waals surface area contributed by atoms with E-state index in [2.05, 4.69) is 5.32 Å². The predicted molar refractivity (Wildman–Crippen MR) is 146 cm³/mol. The molecule has 36 heavy (non-hydrogen) atoms. The molecule has 190 valence electrons. The Balaban J connectivity index is 1.87. The molecule has 2 amide bonds. The maximum Gasteiger partial charge on any atom is 0.243 e. The fourth-order valence-electron chi connectivity index (χ4n) is 3.91. The Bertz CT molecular complexity index is 1140. The molecule has 0 unspecified atom stereocenters. The van der Waals surface area contributed by atoms with Crippen molar-refractivity contribution in [2.24, 2.45) is 0 Å². The van der Waals surface area contributed by atoms with Gasteiger partial charge in [0.15, 0.2) is 0 Å². The monoisotopic (exact) mass is 506 g/mol. The second kappa shape index (κ2) is 13.8. The first kappa shape index (κ1) is 27.5. The Hall–Kier alpha value is -3.12. The molecule has 0 aromatic heterocycles. The summed E-state index contributed by atoms with van der Waals surface area (Å²) in [5, 5.41) is 3.09. The molecule has 0 saturated carbocycles. The summed E-state index contributed by atoms with van der Waals surface area (Å²) in [5.74, 6) is -0.0283. The first-order chi connectivity index (χ1) is 17.4. The van der Waals surface area contributed by atoms with Gasteiger partial charge in [0, 0.05) is 24.8 Å². The zero-order chi connectivity index (χ0) is 25.9. The number of thioether (sulfide) groups is 1. The molecule has 4 nitrogen and oxygen atoms in total. The van der Waals surface area contributed by atoms with Gasteiger partial charge in [-0.2, -0.15) is 0 Å². The summed E-state index contributed by atoms with van der Waals surface area (Å²) in [7, 11) is 0. The van der Waals surface area contributed by atoms with E-state index in [9.17, 15) is 14.0 Å². The molecule has 3 aromatic carbocycles. The van der Waals surface area contributed by atoms with E-state index in [1.165, 1.54) is 17.8 Å². The zero-order valence-corrected chi connectivity index (χ0v) is 22.1. The van der Waals surface area contributed by atoms with Gasteiger partial charge in [0.1, 0.15) is 11.9 Å².